The minimum Gasteiger partial charge on any atom is -0.352 e. The second-order valence-electron chi connectivity index (χ2n) is 7.01. The van der Waals surface area contributed by atoms with Crippen molar-refractivity contribution in [2.24, 2.45) is 4.99 Å². The van der Waals surface area contributed by atoms with Gasteiger partial charge in [-0.3, -0.25) is 4.99 Å². The number of sulfonamides is 1. The third kappa shape index (κ3) is 6.64. The number of rotatable bonds is 6. The molecule has 1 saturated heterocycles. The van der Waals surface area contributed by atoms with E-state index >= 15 is 0 Å². The molecule has 0 aromatic heterocycles. The molecular weight excluding hydrogens is 518 g/mol. The van der Waals surface area contributed by atoms with Gasteiger partial charge in [-0.05, 0) is 48.2 Å². The van der Waals surface area contributed by atoms with Crippen molar-refractivity contribution in [1.29, 1.82) is 0 Å². The van der Waals surface area contributed by atoms with Gasteiger partial charge in [-0.1, -0.05) is 30.7 Å². The molecule has 0 bridgehead atoms. The van der Waals surface area contributed by atoms with Crippen molar-refractivity contribution in [2.75, 3.05) is 20.1 Å². The monoisotopic (exact) mass is 546 g/mol. The van der Waals surface area contributed by atoms with Crippen LogP contribution < -0.4 is 10.6 Å². The predicted molar refractivity (Wildman–Crippen MR) is 128 cm³/mol. The number of nitrogens with zero attached hydrogens (tertiary/aromatic N) is 2. The van der Waals surface area contributed by atoms with Crippen molar-refractivity contribution in [3.8, 4) is 0 Å². The maximum absolute atomic E-state index is 13.0. The fraction of sp³-hybridized carbons (Fsp3) is 0.381. The Kier molecular flexibility index (Phi) is 9.50. The molecule has 0 saturated carbocycles. The summed E-state index contributed by atoms with van der Waals surface area (Å²) in [7, 11) is -1.73. The molecule has 1 fully saturated rings. The second kappa shape index (κ2) is 11.6. The van der Waals surface area contributed by atoms with Gasteiger partial charge in [-0.25, -0.2) is 12.8 Å². The molecule has 0 atom stereocenters. The third-order valence-electron chi connectivity index (χ3n) is 4.93. The maximum atomic E-state index is 13.0. The molecule has 0 aliphatic carbocycles. The van der Waals surface area contributed by atoms with E-state index in [0.29, 0.717) is 37.0 Å². The van der Waals surface area contributed by atoms with E-state index in [9.17, 15) is 12.8 Å². The van der Waals surface area contributed by atoms with Crippen LogP contribution in [-0.4, -0.2) is 38.8 Å². The van der Waals surface area contributed by atoms with E-state index in [4.69, 9.17) is 0 Å². The smallest absolute Gasteiger partial charge is 0.243 e. The van der Waals surface area contributed by atoms with E-state index in [0.717, 1.165) is 30.4 Å². The summed E-state index contributed by atoms with van der Waals surface area (Å²) in [6, 6.07) is 13.2. The van der Waals surface area contributed by atoms with Crippen molar-refractivity contribution < 1.29 is 12.8 Å². The second-order valence-corrected chi connectivity index (χ2v) is 8.95. The van der Waals surface area contributed by atoms with Crippen LogP contribution in [-0.2, 0) is 23.1 Å². The van der Waals surface area contributed by atoms with Gasteiger partial charge >= 0.3 is 0 Å². The normalized spacial score (nSPS) is 15.3. The number of hydrogen-bond donors (Lipinski definition) is 2. The lowest BCUT2D eigenvalue weighted by Crippen LogP contribution is -2.36. The molecule has 9 heteroatoms. The maximum Gasteiger partial charge on any atom is 0.243 e. The van der Waals surface area contributed by atoms with Crippen molar-refractivity contribution in [1.82, 2.24) is 14.9 Å². The average Bonchev–Trinajstić information content (AvgIpc) is 2.76. The van der Waals surface area contributed by atoms with Crippen LogP contribution in [0, 0.1) is 5.82 Å². The van der Waals surface area contributed by atoms with Gasteiger partial charge < -0.3 is 10.6 Å². The number of hydrogen-bond acceptors (Lipinski definition) is 3. The summed E-state index contributed by atoms with van der Waals surface area (Å²) in [4.78, 5) is 4.51. The zero-order valence-electron chi connectivity index (χ0n) is 17.0. The van der Waals surface area contributed by atoms with Crippen LogP contribution in [0.25, 0.3) is 0 Å². The molecular formula is C21H28FIN4O2S. The number of guanidine groups is 1. The Morgan fingerprint density at radius 3 is 1.93 bits per heavy atom. The van der Waals surface area contributed by atoms with E-state index < -0.39 is 10.0 Å². The summed E-state index contributed by atoms with van der Waals surface area (Å²) in [5.41, 5.74) is 1.90. The lowest BCUT2D eigenvalue weighted by Gasteiger charge is -2.25. The highest BCUT2D eigenvalue weighted by Gasteiger charge is 2.25. The van der Waals surface area contributed by atoms with Gasteiger partial charge in [0.2, 0.25) is 10.0 Å². The van der Waals surface area contributed by atoms with Gasteiger partial charge in [-0.15, -0.1) is 24.0 Å². The minimum absolute atomic E-state index is 0. The molecule has 0 radical (unpaired) electrons. The number of piperidine rings is 1. The predicted octanol–water partition coefficient (Wildman–Crippen LogP) is 3.48. The van der Waals surface area contributed by atoms with Crippen molar-refractivity contribution in [2.45, 2.75) is 37.2 Å². The molecule has 1 aliphatic heterocycles. The van der Waals surface area contributed by atoms with Crippen molar-refractivity contribution in [3.63, 3.8) is 0 Å². The van der Waals surface area contributed by atoms with Crippen LogP contribution in [0.3, 0.4) is 0 Å². The summed E-state index contributed by atoms with van der Waals surface area (Å²) in [6.45, 7) is 2.23. The number of aliphatic imine (C=N–C) groups is 1. The summed E-state index contributed by atoms with van der Waals surface area (Å²) >= 11 is 0. The summed E-state index contributed by atoms with van der Waals surface area (Å²) in [6.07, 6.45) is 2.93. The minimum atomic E-state index is -3.41. The Labute approximate surface area is 195 Å². The molecule has 164 valence electrons. The SMILES string of the molecule is CN=C(NCc1ccc(F)cc1)NCc1ccc(S(=O)(=O)N2CCCCC2)cc1.I. The molecule has 30 heavy (non-hydrogen) atoms. The van der Waals surface area contributed by atoms with Gasteiger partial charge in [0.05, 0.1) is 4.90 Å². The van der Waals surface area contributed by atoms with Crippen LogP contribution in [0.4, 0.5) is 4.39 Å². The van der Waals surface area contributed by atoms with E-state index in [2.05, 4.69) is 15.6 Å². The molecule has 0 spiro atoms. The van der Waals surface area contributed by atoms with Crippen molar-refractivity contribution >= 4 is 40.0 Å². The molecule has 3 rings (SSSR count). The van der Waals surface area contributed by atoms with Crippen LogP contribution in [0.15, 0.2) is 58.4 Å². The van der Waals surface area contributed by atoms with Gasteiger partial charge in [-0.2, -0.15) is 4.31 Å². The van der Waals surface area contributed by atoms with Crippen LogP contribution in [0.2, 0.25) is 0 Å². The Morgan fingerprint density at radius 1 is 0.933 bits per heavy atom. The first-order valence-corrected chi connectivity index (χ1v) is 11.2. The van der Waals surface area contributed by atoms with E-state index in [1.807, 2.05) is 12.1 Å². The fourth-order valence-electron chi connectivity index (χ4n) is 3.23. The number of halogens is 2. The molecule has 0 unspecified atom stereocenters. The van der Waals surface area contributed by atoms with Crippen LogP contribution in [0.5, 0.6) is 0 Å². The standard InChI is InChI=1S/C21H27FN4O2S.HI/c1-23-21(24-15-17-5-9-19(22)10-6-17)25-16-18-7-11-20(12-8-18)29(27,28)26-13-3-2-4-14-26;/h5-12H,2-4,13-16H2,1H3,(H2,23,24,25);1H. The molecule has 2 N–H and O–H groups in total. The lowest BCUT2D eigenvalue weighted by molar-refractivity contribution is 0.346. The topological polar surface area (TPSA) is 73.8 Å². The number of benzene rings is 2. The Hall–Kier alpha value is -1.72. The molecule has 2 aromatic rings. The third-order valence-corrected chi connectivity index (χ3v) is 6.85. The quantitative estimate of drug-likeness (QED) is 0.331. The van der Waals surface area contributed by atoms with Crippen molar-refractivity contribution in [3.05, 3.63) is 65.5 Å². The highest BCUT2D eigenvalue weighted by Crippen LogP contribution is 2.20. The molecule has 0 amide bonds. The van der Waals surface area contributed by atoms with Gasteiger partial charge in [0, 0.05) is 33.2 Å². The zero-order chi connectivity index (χ0) is 20.7. The van der Waals surface area contributed by atoms with E-state index in [-0.39, 0.29) is 29.8 Å². The Balaban J connectivity index is 0.00000320. The first-order valence-electron chi connectivity index (χ1n) is 9.77. The van der Waals surface area contributed by atoms with E-state index in [1.165, 1.54) is 12.1 Å². The lowest BCUT2D eigenvalue weighted by atomic mass is 10.2. The Bertz CT molecular complexity index is 928. The average molecular weight is 546 g/mol. The van der Waals surface area contributed by atoms with Gasteiger partial charge in [0.25, 0.3) is 0 Å². The first-order chi connectivity index (χ1) is 14.0. The Morgan fingerprint density at radius 2 is 1.43 bits per heavy atom. The fourth-order valence-corrected chi connectivity index (χ4v) is 4.75. The molecule has 2 aromatic carbocycles. The molecule has 1 aliphatic rings. The zero-order valence-corrected chi connectivity index (χ0v) is 20.1. The summed E-state index contributed by atoms with van der Waals surface area (Å²) in [5.74, 6) is 0.348. The highest BCUT2D eigenvalue weighted by molar-refractivity contribution is 14.0. The molecule has 6 nitrogen and oxygen atoms in total. The summed E-state index contributed by atoms with van der Waals surface area (Å²) in [5, 5.41) is 6.36. The van der Waals surface area contributed by atoms with Crippen LogP contribution in [0.1, 0.15) is 30.4 Å². The van der Waals surface area contributed by atoms with Gasteiger partial charge in [0.1, 0.15) is 5.82 Å². The number of nitrogens with one attached hydrogen (secondary N) is 2. The largest absolute Gasteiger partial charge is 0.352 e. The summed E-state index contributed by atoms with van der Waals surface area (Å²) < 4.78 is 40.0. The highest BCUT2D eigenvalue weighted by atomic mass is 127. The van der Waals surface area contributed by atoms with Gasteiger partial charge in [0.15, 0.2) is 5.96 Å². The first kappa shape index (κ1) is 24.5. The van der Waals surface area contributed by atoms with E-state index in [1.54, 1.807) is 35.6 Å². The molecule has 1 heterocycles. The van der Waals surface area contributed by atoms with Crippen LogP contribution >= 0.6 is 24.0 Å².